The molecular formula is C27H32Cl3N3O2. The van der Waals surface area contributed by atoms with Crippen molar-refractivity contribution < 1.29 is 9.53 Å². The molecule has 1 aliphatic heterocycles. The van der Waals surface area contributed by atoms with Crippen LogP contribution in [-0.4, -0.2) is 55.5 Å². The number of piperazine rings is 1. The van der Waals surface area contributed by atoms with Gasteiger partial charge in [-0.1, -0.05) is 41.4 Å². The number of ether oxygens (including phenoxy) is 1. The lowest BCUT2D eigenvalue weighted by Gasteiger charge is -2.36. The van der Waals surface area contributed by atoms with Gasteiger partial charge in [0.1, 0.15) is 5.75 Å². The highest BCUT2D eigenvalue weighted by atomic mass is 35.5. The topological polar surface area (TPSA) is 48.6 Å². The first kappa shape index (κ1) is 27.4. The second kappa shape index (κ2) is 12.7. The van der Waals surface area contributed by atoms with Crippen molar-refractivity contribution in [3.8, 4) is 17.0 Å². The lowest BCUT2D eigenvalue weighted by molar-refractivity contribution is 0.0977. The van der Waals surface area contributed by atoms with Crippen LogP contribution in [0.5, 0.6) is 5.75 Å². The summed E-state index contributed by atoms with van der Waals surface area (Å²) in [4.78, 5) is 21.0. The molecule has 188 valence electrons. The van der Waals surface area contributed by atoms with E-state index in [4.69, 9.17) is 27.9 Å². The van der Waals surface area contributed by atoms with Gasteiger partial charge in [0.2, 0.25) is 0 Å². The Morgan fingerprint density at radius 2 is 1.77 bits per heavy atom. The molecule has 0 bridgehead atoms. The monoisotopic (exact) mass is 535 g/mol. The third-order valence-electron chi connectivity index (χ3n) is 6.47. The zero-order chi connectivity index (χ0) is 24.1. The predicted octanol–water partition coefficient (Wildman–Crippen LogP) is 6.90. The summed E-state index contributed by atoms with van der Waals surface area (Å²) in [6.45, 7) is 6.78. The Labute approximate surface area is 223 Å². The summed E-state index contributed by atoms with van der Waals surface area (Å²) in [5.41, 5.74) is 4.66. The van der Waals surface area contributed by atoms with E-state index < -0.39 is 0 Å². The molecule has 5 nitrogen and oxygen atoms in total. The van der Waals surface area contributed by atoms with E-state index in [-0.39, 0.29) is 18.2 Å². The maximum Gasteiger partial charge on any atom is 0.164 e. The fourth-order valence-electron chi connectivity index (χ4n) is 4.50. The van der Waals surface area contributed by atoms with Gasteiger partial charge < -0.3 is 14.6 Å². The van der Waals surface area contributed by atoms with Crippen LogP contribution < -0.4 is 9.64 Å². The van der Waals surface area contributed by atoms with Gasteiger partial charge in [-0.3, -0.25) is 9.69 Å². The molecule has 0 radical (unpaired) electrons. The number of Topliss-reactive ketones (excluding diaryl/α,β-unsaturated/α-hetero) is 1. The molecule has 0 aliphatic carbocycles. The molecule has 0 spiro atoms. The molecule has 0 saturated carbocycles. The molecule has 1 saturated heterocycles. The van der Waals surface area contributed by atoms with Crippen LogP contribution in [-0.2, 0) is 0 Å². The van der Waals surface area contributed by atoms with Crippen LogP contribution in [0.2, 0.25) is 10.0 Å². The van der Waals surface area contributed by atoms with Crippen LogP contribution >= 0.6 is 35.6 Å². The molecule has 2 aromatic carbocycles. The van der Waals surface area contributed by atoms with Crippen molar-refractivity contribution in [1.29, 1.82) is 0 Å². The van der Waals surface area contributed by atoms with E-state index in [2.05, 4.69) is 14.8 Å². The maximum absolute atomic E-state index is 12.9. The molecular weight excluding hydrogens is 505 g/mol. The second-order valence-electron chi connectivity index (χ2n) is 8.74. The Kier molecular flexibility index (Phi) is 9.93. The summed E-state index contributed by atoms with van der Waals surface area (Å²) >= 11 is 12.5. The fourth-order valence-corrected chi connectivity index (χ4v) is 4.91. The molecule has 35 heavy (non-hydrogen) atoms. The van der Waals surface area contributed by atoms with Gasteiger partial charge in [0.05, 0.1) is 22.8 Å². The smallest absolute Gasteiger partial charge is 0.164 e. The number of halogens is 3. The van der Waals surface area contributed by atoms with Crippen LogP contribution in [0, 0.1) is 6.92 Å². The minimum atomic E-state index is 0. The molecule has 0 amide bonds. The number of carbonyl (C=O) groups excluding carboxylic acids is 1. The first-order valence-electron chi connectivity index (χ1n) is 11.7. The number of hydrogen-bond donors (Lipinski definition) is 1. The number of nitrogens with one attached hydrogen (secondary N) is 1. The van der Waals surface area contributed by atoms with E-state index in [1.807, 2.05) is 55.5 Å². The number of aryl methyl sites for hydroxylation is 1. The molecule has 3 aromatic rings. The van der Waals surface area contributed by atoms with E-state index in [0.29, 0.717) is 16.5 Å². The van der Waals surface area contributed by atoms with E-state index >= 15 is 0 Å². The summed E-state index contributed by atoms with van der Waals surface area (Å²) in [5.74, 6) is 0.998. The number of unbranched alkanes of at least 4 members (excludes halogenated alkanes) is 1. The first-order valence-corrected chi connectivity index (χ1v) is 12.5. The SMILES string of the molecule is COc1cccc(-c2cc(C(=O)CCCCN3CCN(c4cccc(Cl)c4Cl)CC3)c(C)[nH]2)c1.Cl. The lowest BCUT2D eigenvalue weighted by atomic mass is 10.0. The number of ketones is 1. The molecule has 1 N–H and O–H groups in total. The number of methoxy groups -OCH3 is 1. The number of aromatic amines is 1. The molecule has 2 heterocycles. The average Bonchev–Trinajstić information content (AvgIpc) is 3.25. The van der Waals surface area contributed by atoms with Gasteiger partial charge in [-0.15, -0.1) is 12.4 Å². The van der Waals surface area contributed by atoms with Gasteiger partial charge in [0.15, 0.2) is 5.78 Å². The minimum absolute atomic E-state index is 0. The average molecular weight is 537 g/mol. The number of nitrogens with zero attached hydrogens (tertiary/aromatic N) is 2. The van der Waals surface area contributed by atoms with Crippen molar-refractivity contribution in [1.82, 2.24) is 9.88 Å². The van der Waals surface area contributed by atoms with Crippen LogP contribution in [0.4, 0.5) is 5.69 Å². The summed E-state index contributed by atoms with van der Waals surface area (Å²) in [7, 11) is 1.66. The molecule has 1 fully saturated rings. The number of anilines is 1. The van der Waals surface area contributed by atoms with Crippen molar-refractivity contribution in [3.63, 3.8) is 0 Å². The number of hydrogen-bond acceptors (Lipinski definition) is 4. The Balaban J connectivity index is 0.00000342. The van der Waals surface area contributed by atoms with E-state index in [1.54, 1.807) is 7.11 Å². The number of rotatable bonds is 9. The number of aromatic nitrogens is 1. The van der Waals surface area contributed by atoms with Gasteiger partial charge in [0, 0.05) is 55.1 Å². The van der Waals surface area contributed by atoms with Gasteiger partial charge in [-0.05, 0) is 56.6 Å². The third kappa shape index (κ3) is 6.73. The standard InChI is InChI=1S/C27H31Cl2N3O2.ClH/c1-19-22(18-24(30-19)20-7-5-8-21(17-20)34-2)26(33)11-3-4-12-31-13-15-32(16-14-31)25-10-6-9-23(28)27(25)29;/h5-10,17-18,30H,3-4,11-16H2,1-2H3;1H. The molecule has 4 rings (SSSR count). The molecule has 0 unspecified atom stereocenters. The summed E-state index contributed by atoms with van der Waals surface area (Å²) in [6.07, 6.45) is 2.46. The van der Waals surface area contributed by atoms with Gasteiger partial charge >= 0.3 is 0 Å². The molecule has 1 aliphatic rings. The summed E-state index contributed by atoms with van der Waals surface area (Å²) in [5, 5.41) is 1.23. The predicted molar refractivity (Wildman–Crippen MR) is 148 cm³/mol. The maximum atomic E-state index is 12.9. The highest BCUT2D eigenvalue weighted by Crippen LogP contribution is 2.33. The third-order valence-corrected chi connectivity index (χ3v) is 7.28. The van der Waals surface area contributed by atoms with Crippen molar-refractivity contribution in [2.24, 2.45) is 0 Å². The summed E-state index contributed by atoms with van der Waals surface area (Å²) < 4.78 is 5.32. The number of benzene rings is 2. The second-order valence-corrected chi connectivity index (χ2v) is 9.52. The van der Waals surface area contributed by atoms with E-state index in [9.17, 15) is 4.79 Å². The zero-order valence-corrected chi connectivity index (χ0v) is 22.5. The normalized spacial score (nSPS) is 14.0. The highest BCUT2D eigenvalue weighted by Gasteiger charge is 2.20. The summed E-state index contributed by atoms with van der Waals surface area (Å²) in [6, 6.07) is 15.6. The molecule has 8 heteroatoms. The molecule has 0 atom stereocenters. The van der Waals surface area contributed by atoms with Crippen LogP contribution in [0.15, 0.2) is 48.5 Å². The number of H-pyrrole nitrogens is 1. The Morgan fingerprint density at radius 3 is 2.51 bits per heavy atom. The Hall–Kier alpha value is -2.18. The van der Waals surface area contributed by atoms with Gasteiger partial charge in [0.25, 0.3) is 0 Å². The quantitative estimate of drug-likeness (QED) is 0.239. The van der Waals surface area contributed by atoms with Crippen molar-refractivity contribution in [2.75, 3.05) is 44.7 Å². The minimum Gasteiger partial charge on any atom is -0.497 e. The van der Waals surface area contributed by atoms with Crippen molar-refractivity contribution in [2.45, 2.75) is 26.2 Å². The largest absolute Gasteiger partial charge is 0.497 e. The van der Waals surface area contributed by atoms with Crippen LogP contribution in [0.25, 0.3) is 11.3 Å². The fraction of sp³-hybridized carbons (Fsp3) is 0.370. The Bertz CT molecular complexity index is 1140. The number of carbonyl (C=O) groups is 1. The molecule has 1 aromatic heterocycles. The first-order chi connectivity index (χ1) is 16.5. The van der Waals surface area contributed by atoms with E-state index in [1.165, 1.54) is 0 Å². The van der Waals surface area contributed by atoms with Crippen LogP contribution in [0.3, 0.4) is 0 Å². The van der Waals surface area contributed by atoms with Crippen molar-refractivity contribution >= 4 is 47.1 Å². The zero-order valence-electron chi connectivity index (χ0n) is 20.2. The Morgan fingerprint density at radius 1 is 1.03 bits per heavy atom. The van der Waals surface area contributed by atoms with Gasteiger partial charge in [-0.25, -0.2) is 0 Å². The van der Waals surface area contributed by atoms with Gasteiger partial charge in [-0.2, -0.15) is 0 Å². The van der Waals surface area contributed by atoms with Crippen molar-refractivity contribution in [3.05, 3.63) is 69.8 Å². The lowest BCUT2D eigenvalue weighted by Crippen LogP contribution is -2.46. The van der Waals surface area contributed by atoms with Crippen LogP contribution in [0.1, 0.15) is 35.3 Å². The highest BCUT2D eigenvalue weighted by molar-refractivity contribution is 6.43. The van der Waals surface area contributed by atoms with E-state index in [0.717, 1.165) is 79.5 Å².